The summed E-state index contributed by atoms with van der Waals surface area (Å²) in [5.41, 5.74) is 5.34. The standard InChI is InChI=1S/C8H8N4O3/c9-2-4-1-6(13)12-7(11-4)5(3-10-12)8(14)15/h1,3,10H,2,9H2,(H,14,15). The molecule has 78 valence electrons. The molecule has 0 aromatic carbocycles. The van der Waals surface area contributed by atoms with Gasteiger partial charge in [0.15, 0.2) is 5.65 Å². The van der Waals surface area contributed by atoms with Crippen molar-refractivity contribution < 1.29 is 9.90 Å². The lowest BCUT2D eigenvalue weighted by Gasteiger charge is -1.97. The van der Waals surface area contributed by atoms with Crippen molar-refractivity contribution in [2.75, 3.05) is 0 Å². The van der Waals surface area contributed by atoms with Crippen molar-refractivity contribution >= 4 is 11.6 Å². The van der Waals surface area contributed by atoms with Crippen molar-refractivity contribution in [3.8, 4) is 0 Å². The highest BCUT2D eigenvalue weighted by Crippen LogP contribution is 2.05. The molecule has 7 nitrogen and oxygen atoms in total. The van der Waals surface area contributed by atoms with E-state index in [0.717, 1.165) is 4.52 Å². The summed E-state index contributed by atoms with van der Waals surface area (Å²) < 4.78 is 1.06. The van der Waals surface area contributed by atoms with Crippen LogP contribution in [0.1, 0.15) is 16.1 Å². The minimum atomic E-state index is -1.14. The second-order valence-corrected chi connectivity index (χ2v) is 2.94. The predicted molar refractivity (Wildman–Crippen MR) is 50.7 cm³/mol. The maximum absolute atomic E-state index is 11.4. The number of rotatable bonds is 2. The summed E-state index contributed by atoms with van der Waals surface area (Å²) in [4.78, 5) is 26.2. The summed E-state index contributed by atoms with van der Waals surface area (Å²) in [5.74, 6) is -1.14. The Morgan fingerprint density at radius 2 is 2.40 bits per heavy atom. The largest absolute Gasteiger partial charge is 0.477 e. The van der Waals surface area contributed by atoms with Gasteiger partial charge >= 0.3 is 5.97 Å². The highest BCUT2D eigenvalue weighted by molar-refractivity contribution is 5.94. The minimum absolute atomic E-state index is 0.0533. The van der Waals surface area contributed by atoms with Crippen LogP contribution in [0.2, 0.25) is 0 Å². The first kappa shape index (κ1) is 9.41. The van der Waals surface area contributed by atoms with Crippen molar-refractivity contribution in [2.45, 2.75) is 6.54 Å². The van der Waals surface area contributed by atoms with Gasteiger partial charge in [0.05, 0.1) is 5.69 Å². The molecule has 0 spiro atoms. The van der Waals surface area contributed by atoms with Gasteiger partial charge in [0, 0.05) is 18.8 Å². The molecule has 0 atom stereocenters. The Morgan fingerprint density at radius 1 is 1.67 bits per heavy atom. The normalized spacial score (nSPS) is 10.7. The minimum Gasteiger partial charge on any atom is -0.477 e. The monoisotopic (exact) mass is 208 g/mol. The lowest BCUT2D eigenvalue weighted by Crippen LogP contribution is -2.17. The van der Waals surface area contributed by atoms with E-state index in [4.69, 9.17) is 10.8 Å². The molecule has 0 radical (unpaired) electrons. The molecular weight excluding hydrogens is 200 g/mol. The molecule has 2 rings (SSSR count). The predicted octanol–water partition coefficient (Wildman–Crippen LogP) is -0.821. The van der Waals surface area contributed by atoms with E-state index in [9.17, 15) is 9.59 Å². The number of carbonyl (C=O) groups is 1. The molecule has 0 unspecified atom stereocenters. The third-order valence-corrected chi connectivity index (χ3v) is 1.99. The fraction of sp³-hybridized carbons (Fsp3) is 0.125. The highest BCUT2D eigenvalue weighted by Gasteiger charge is 2.13. The summed E-state index contributed by atoms with van der Waals surface area (Å²) in [6.07, 6.45) is 1.21. The number of hydrogen-bond acceptors (Lipinski definition) is 4. The maximum Gasteiger partial charge on any atom is 0.341 e. The van der Waals surface area contributed by atoms with E-state index >= 15 is 0 Å². The number of nitrogens with one attached hydrogen (secondary N) is 1. The summed E-state index contributed by atoms with van der Waals surface area (Å²) in [6.45, 7) is 0.0932. The molecule has 2 aromatic rings. The van der Waals surface area contributed by atoms with Gasteiger partial charge in [-0.2, -0.15) is 0 Å². The summed E-state index contributed by atoms with van der Waals surface area (Å²) >= 11 is 0. The van der Waals surface area contributed by atoms with Crippen molar-refractivity contribution in [1.29, 1.82) is 0 Å². The molecule has 0 bridgehead atoms. The van der Waals surface area contributed by atoms with E-state index in [2.05, 4.69) is 10.1 Å². The maximum atomic E-state index is 11.4. The first-order valence-electron chi connectivity index (χ1n) is 4.17. The van der Waals surface area contributed by atoms with E-state index in [1.54, 1.807) is 0 Å². The first-order chi connectivity index (χ1) is 7.13. The number of carboxylic acids is 1. The van der Waals surface area contributed by atoms with E-state index in [1.807, 2.05) is 0 Å². The second-order valence-electron chi connectivity index (χ2n) is 2.94. The Morgan fingerprint density at radius 3 is 3.00 bits per heavy atom. The topological polar surface area (TPSA) is 113 Å². The number of aromatic nitrogens is 3. The van der Waals surface area contributed by atoms with Crippen LogP contribution in [0.25, 0.3) is 5.65 Å². The Balaban J connectivity index is 2.84. The molecular formula is C8H8N4O3. The quantitative estimate of drug-likeness (QED) is 0.596. The summed E-state index contributed by atoms with van der Waals surface area (Å²) in [7, 11) is 0. The number of nitrogens with two attached hydrogens (primary N) is 1. The van der Waals surface area contributed by atoms with Crippen molar-refractivity contribution in [1.82, 2.24) is 14.6 Å². The van der Waals surface area contributed by atoms with E-state index in [1.165, 1.54) is 12.3 Å². The lowest BCUT2D eigenvalue weighted by molar-refractivity contribution is 0.0699. The van der Waals surface area contributed by atoms with Gasteiger partial charge in [0.2, 0.25) is 0 Å². The molecule has 0 aliphatic rings. The zero-order chi connectivity index (χ0) is 11.0. The van der Waals surface area contributed by atoms with Crippen LogP contribution in [-0.2, 0) is 6.54 Å². The van der Waals surface area contributed by atoms with Crippen LogP contribution in [0.3, 0.4) is 0 Å². The van der Waals surface area contributed by atoms with Crippen LogP contribution in [0.5, 0.6) is 0 Å². The zero-order valence-corrected chi connectivity index (χ0v) is 7.60. The lowest BCUT2D eigenvalue weighted by atomic mass is 10.3. The number of aromatic amines is 1. The molecule has 0 aliphatic carbocycles. The molecule has 4 N–H and O–H groups in total. The number of H-pyrrole nitrogens is 1. The molecule has 0 saturated heterocycles. The van der Waals surface area contributed by atoms with Crippen LogP contribution >= 0.6 is 0 Å². The third kappa shape index (κ3) is 1.38. The van der Waals surface area contributed by atoms with E-state index in [0.29, 0.717) is 5.69 Å². The van der Waals surface area contributed by atoms with Crippen LogP contribution in [0, 0.1) is 0 Å². The molecule has 15 heavy (non-hydrogen) atoms. The SMILES string of the molecule is NCc1cc(=O)n2[nH]cc(C(=O)O)c2n1. The Kier molecular flexibility index (Phi) is 2.01. The second kappa shape index (κ2) is 3.21. The van der Waals surface area contributed by atoms with Gasteiger partial charge in [-0.3, -0.25) is 9.89 Å². The van der Waals surface area contributed by atoms with Gasteiger partial charge in [-0.1, -0.05) is 0 Å². The number of hydrogen-bond donors (Lipinski definition) is 3. The van der Waals surface area contributed by atoms with Gasteiger partial charge < -0.3 is 10.8 Å². The Hall–Kier alpha value is -2.15. The van der Waals surface area contributed by atoms with Gasteiger partial charge in [0.1, 0.15) is 5.56 Å². The highest BCUT2D eigenvalue weighted by atomic mass is 16.4. The van der Waals surface area contributed by atoms with Gasteiger partial charge in [-0.15, -0.1) is 0 Å². The van der Waals surface area contributed by atoms with E-state index in [-0.39, 0.29) is 23.3 Å². The summed E-state index contributed by atoms with van der Waals surface area (Å²) in [5, 5.41) is 11.3. The Labute approximate surface area is 83.1 Å². The average Bonchev–Trinajstić information content (AvgIpc) is 2.61. The van der Waals surface area contributed by atoms with Crippen LogP contribution in [0.4, 0.5) is 0 Å². The zero-order valence-electron chi connectivity index (χ0n) is 7.60. The number of fused-ring (bicyclic) bond motifs is 1. The average molecular weight is 208 g/mol. The van der Waals surface area contributed by atoms with Gasteiger partial charge in [0.25, 0.3) is 5.56 Å². The molecule has 7 heteroatoms. The fourth-order valence-corrected chi connectivity index (χ4v) is 1.29. The molecule has 0 fully saturated rings. The van der Waals surface area contributed by atoms with Crippen LogP contribution < -0.4 is 11.3 Å². The van der Waals surface area contributed by atoms with Gasteiger partial charge in [-0.05, 0) is 0 Å². The van der Waals surface area contributed by atoms with Crippen molar-refractivity contribution in [2.24, 2.45) is 5.73 Å². The van der Waals surface area contributed by atoms with Crippen molar-refractivity contribution in [3.05, 3.63) is 33.9 Å². The van der Waals surface area contributed by atoms with E-state index < -0.39 is 5.97 Å². The summed E-state index contributed by atoms with van der Waals surface area (Å²) in [6, 6.07) is 1.26. The third-order valence-electron chi connectivity index (χ3n) is 1.99. The van der Waals surface area contributed by atoms with Crippen LogP contribution in [0.15, 0.2) is 17.1 Å². The number of carboxylic acid groups (broad SMARTS) is 1. The molecule has 2 aromatic heterocycles. The fourth-order valence-electron chi connectivity index (χ4n) is 1.29. The number of aromatic carboxylic acids is 1. The molecule has 0 amide bonds. The molecule has 2 heterocycles. The molecule has 0 saturated carbocycles. The van der Waals surface area contributed by atoms with Crippen LogP contribution in [-0.4, -0.2) is 25.7 Å². The molecule has 0 aliphatic heterocycles. The first-order valence-corrected chi connectivity index (χ1v) is 4.17. The number of nitrogens with zero attached hydrogens (tertiary/aromatic N) is 2. The van der Waals surface area contributed by atoms with Crippen molar-refractivity contribution in [3.63, 3.8) is 0 Å². The van der Waals surface area contributed by atoms with Gasteiger partial charge in [-0.25, -0.2) is 14.3 Å². The smallest absolute Gasteiger partial charge is 0.341 e. The Bertz CT molecular complexity index is 583.